The summed E-state index contributed by atoms with van der Waals surface area (Å²) in [4.78, 5) is 2.56. The minimum Gasteiger partial charge on any atom is -0.379 e. The van der Waals surface area contributed by atoms with E-state index < -0.39 is 0 Å². The summed E-state index contributed by atoms with van der Waals surface area (Å²) in [6, 6.07) is 6.99. The van der Waals surface area contributed by atoms with E-state index in [4.69, 9.17) is 4.74 Å². The normalized spacial score (nSPS) is 18.7. The van der Waals surface area contributed by atoms with Crippen LogP contribution in [0.3, 0.4) is 0 Å². The Balaban J connectivity index is 2.34. The predicted octanol–water partition coefficient (Wildman–Crippen LogP) is 3.06. The standard InChI is InChI=1S/C18H30N2O/c1-6-19-17(16-9-7-8-14(2)15(16)3)18(4,5)20-10-12-21-13-11-20/h7-9,17,19H,6,10-13H2,1-5H3. The van der Waals surface area contributed by atoms with Gasteiger partial charge in [0.05, 0.1) is 19.3 Å². The molecule has 1 saturated heterocycles. The zero-order valence-electron chi connectivity index (χ0n) is 14.2. The van der Waals surface area contributed by atoms with Gasteiger partial charge < -0.3 is 10.1 Å². The Morgan fingerprint density at radius 3 is 2.52 bits per heavy atom. The molecule has 3 nitrogen and oxygen atoms in total. The molecule has 0 amide bonds. The van der Waals surface area contributed by atoms with Crippen molar-refractivity contribution >= 4 is 0 Å². The molecule has 1 aromatic carbocycles. The summed E-state index contributed by atoms with van der Waals surface area (Å²) in [5.74, 6) is 0. The second kappa shape index (κ2) is 6.91. The van der Waals surface area contributed by atoms with Crippen molar-refractivity contribution in [2.24, 2.45) is 0 Å². The lowest BCUT2D eigenvalue weighted by atomic mass is 9.83. The van der Waals surface area contributed by atoms with E-state index in [1.807, 2.05) is 0 Å². The maximum Gasteiger partial charge on any atom is 0.0594 e. The summed E-state index contributed by atoms with van der Waals surface area (Å²) in [5.41, 5.74) is 4.27. The number of morpholine rings is 1. The van der Waals surface area contributed by atoms with Gasteiger partial charge in [-0.15, -0.1) is 0 Å². The number of likely N-dealkylation sites (N-methyl/N-ethyl adjacent to an activating group) is 1. The van der Waals surface area contributed by atoms with E-state index >= 15 is 0 Å². The number of nitrogens with one attached hydrogen (secondary N) is 1. The van der Waals surface area contributed by atoms with Crippen LogP contribution in [0.4, 0.5) is 0 Å². The molecule has 1 aliphatic rings. The van der Waals surface area contributed by atoms with Crippen molar-refractivity contribution in [3.8, 4) is 0 Å². The van der Waals surface area contributed by atoms with E-state index in [0.29, 0.717) is 6.04 Å². The minimum atomic E-state index is 0.0678. The van der Waals surface area contributed by atoms with Crippen LogP contribution in [0.15, 0.2) is 18.2 Å². The van der Waals surface area contributed by atoms with Gasteiger partial charge in [-0.3, -0.25) is 4.90 Å². The molecule has 1 fully saturated rings. The fourth-order valence-electron chi connectivity index (χ4n) is 3.35. The molecule has 0 spiro atoms. The third-order valence-corrected chi connectivity index (χ3v) is 4.90. The SMILES string of the molecule is CCNC(c1cccc(C)c1C)C(C)(C)N1CCOCC1. The first-order chi connectivity index (χ1) is 9.98. The summed E-state index contributed by atoms with van der Waals surface area (Å²) >= 11 is 0. The summed E-state index contributed by atoms with van der Waals surface area (Å²) in [7, 11) is 0. The fourth-order valence-corrected chi connectivity index (χ4v) is 3.35. The van der Waals surface area contributed by atoms with Crippen LogP contribution in [-0.2, 0) is 4.74 Å². The zero-order valence-corrected chi connectivity index (χ0v) is 14.2. The first kappa shape index (κ1) is 16.5. The lowest BCUT2D eigenvalue weighted by molar-refractivity contribution is -0.0237. The second-order valence-electron chi connectivity index (χ2n) is 6.53. The summed E-state index contributed by atoms with van der Waals surface area (Å²) < 4.78 is 5.52. The third kappa shape index (κ3) is 3.47. The van der Waals surface area contributed by atoms with Crippen LogP contribution >= 0.6 is 0 Å². The van der Waals surface area contributed by atoms with Crippen LogP contribution < -0.4 is 5.32 Å². The Hall–Kier alpha value is -0.900. The first-order valence-electron chi connectivity index (χ1n) is 8.10. The average molecular weight is 290 g/mol. The highest BCUT2D eigenvalue weighted by Gasteiger charge is 2.37. The smallest absolute Gasteiger partial charge is 0.0594 e. The molecule has 118 valence electrons. The highest BCUT2D eigenvalue weighted by Crippen LogP contribution is 2.34. The Labute approximate surface area is 129 Å². The van der Waals surface area contributed by atoms with Gasteiger partial charge >= 0.3 is 0 Å². The van der Waals surface area contributed by atoms with Crippen LogP contribution in [0.2, 0.25) is 0 Å². The molecule has 0 saturated carbocycles. The minimum absolute atomic E-state index is 0.0678. The van der Waals surface area contributed by atoms with E-state index in [0.717, 1.165) is 32.8 Å². The monoisotopic (exact) mass is 290 g/mol. The Morgan fingerprint density at radius 2 is 1.90 bits per heavy atom. The van der Waals surface area contributed by atoms with Crippen molar-refractivity contribution in [2.75, 3.05) is 32.8 Å². The lowest BCUT2D eigenvalue weighted by Gasteiger charge is -2.46. The predicted molar refractivity (Wildman–Crippen MR) is 88.8 cm³/mol. The van der Waals surface area contributed by atoms with Crippen molar-refractivity contribution in [1.29, 1.82) is 0 Å². The maximum absolute atomic E-state index is 5.52. The van der Waals surface area contributed by atoms with Crippen molar-refractivity contribution in [3.05, 3.63) is 34.9 Å². The van der Waals surface area contributed by atoms with Crippen LogP contribution in [0.5, 0.6) is 0 Å². The molecule has 0 bridgehead atoms. The van der Waals surface area contributed by atoms with Gasteiger partial charge in [-0.05, 0) is 50.9 Å². The molecule has 1 aromatic rings. The highest BCUT2D eigenvalue weighted by atomic mass is 16.5. The van der Waals surface area contributed by atoms with E-state index in [1.165, 1.54) is 16.7 Å². The summed E-state index contributed by atoms with van der Waals surface area (Å²) in [6.07, 6.45) is 0. The number of nitrogens with zero attached hydrogens (tertiary/aromatic N) is 1. The van der Waals surface area contributed by atoms with Gasteiger partial charge in [-0.25, -0.2) is 0 Å². The van der Waals surface area contributed by atoms with E-state index in [2.05, 4.69) is 63.0 Å². The van der Waals surface area contributed by atoms with E-state index in [-0.39, 0.29) is 5.54 Å². The molecular formula is C18H30N2O. The van der Waals surface area contributed by atoms with Crippen LogP contribution in [-0.4, -0.2) is 43.3 Å². The average Bonchev–Trinajstić information content (AvgIpc) is 2.49. The largest absolute Gasteiger partial charge is 0.379 e. The van der Waals surface area contributed by atoms with Crippen LogP contribution in [0.25, 0.3) is 0 Å². The molecule has 1 unspecified atom stereocenters. The number of aryl methyl sites for hydroxylation is 1. The molecule has 0 aliphatic carbocycles. The number of hydrogen-bond acceptors (Lipinski definition) is 3. The number of hydrogen-bond donors (Lipinski definition) is 1. The van der Waals surface area contributed by atoms with Crippen molar-refractivity contribution in [1.82, 2.24) is 10.2 Å². The molecule has 1 N–H and O–H groups in total. The number of ether oxygens (including phenoxy) is 1. The molecular weight excluding hydrogens is 260 g/mol. The molecule has 1 atom stereocenters. The van der Waals surface area contributed by atoms with Gasteiger partial charge in [0, 0.05) is 18.6 Å². The summed E-state index contributed by atoms with van der Waals surface area (Å²) in [5, 5.41) is 3.72. The third-order valence-electron chi connectivity index (χ3n) is 4.90. The Kier molecular flexibility index (Phi) is 5.42. The van der Waals surface area contributed by atoms with Gasteiger partial charge in [-0.2, -0.15) is 0 Å². The Bertz CT molecular complexity index is 464. The number of rotatable bonds is 5. The van der Waals surface area contributed by atoms with Gasteiger partial charge in [0.2, 0.25) is 0 Å². The van der Waals surface area contributed by atoms with Crippen molar-refractivity contribution in [3.63, 3.8) is 0 Å². The molecule has 21 heavy (non-hydrogen) atoms. The van der Waals surface area contributed by atoms with Gasteiger partial charge in [0.1, 0.15) is 0 Å². The van der Waals surface area contributed by atoms with Crippen LogP contribution in [0.1, 0.15) is 43.5 Å². The first-order valence-corrected chi connectivity index (χ1v) is 8.10. The molecule has 0 radical (unpaired) electrons. The highest BCUT2D eigenvalue weighted by molar-refractivity contribution is 5.37. The maximum atomic E-state index is 5.52. The molecule has 2 rings (SSSR count). The number of benzene rings is 1. The van der Waals surface area contributed by atoms with Crippen molar-refractivity contribution < 1.29 is 4.74 Å². The fraction of sp³-hybridized carbons (Fsp3) is 0.667. The van der Waals surface area contributed by atoms with E-state index in [9.17, 15) is 0 Å². The molecule has 1 aliphatic heterocycles. The summed E-state index contributed by atoms with van der Waals surface area (Å²) in [6.45, 7) is 16.0. The molecule has 1 heterocycles. The topological polar surface area (TPSA) is 24.5 Å². The van der Waals surface area contributed by atoms with Crippen molar-refractivity contribution in [2.45, 2.75) is 46.2 Å². The second-order valence-corrected chi connectivity index (χ2v) is 6.53. The van der Waals surface area contributed by atoms with E-state index in [1.54, 1.807) is 0 Å². The lowest BCUT2D eigenvalue weighted by Crippen LogP contribution is -2.56. The van der Waals surface area contributed by atoms with Gasteiger partial charge in [-0.1, -0.05) is 25.1 Å². The molecule has 0 aromatic heterocycles. The van der Waals surface area contributed by atoms with Gasteiger partial charge in [0.15, 0.2) is 0 Å². The van der Waals surface area contributed by atoms with Gasteiger partial charge in [0.25, 0.3) is 0 Å². The van der Waals surface area contributed by atoms with Crippen LogP contribution in [0, 0.1) is 13.8 Å². The molecule has 3 heteroatoms. The Morgan fingerprint density at radius 1 is 1.24 bits per heavy atom. The zero-order chi connectivity index (χ0) is 15.5. The quantitative estimate of drug-likeness (QED) is 0.902.